The lowest BCUT2D eigenvalue weighted by atomic mass is 10.0. The lowest BCUT2D eigenvalue weighted by Gasteiger charge is -2.22. The zero-order chi connectivity index (χ0) is 60.6. The Morgan fingerprint density at radius 1 is 0.286 bits per heavy atom. The fourth-order valence-corrected chi connectivity index (χ4v) is 12.9. The summed E-state index contributed by atoms with van der Waals surface area (Å²) in [5.41, 5.74) is 0. The van der Waals surface area contributed by atoms with Crippen LogP contribution >= 0.6 is 0 Å². The van der Waals surface area contributed by atoms with Gasteiger partial charge in [0.2, 0.25) is 5.91 Å². The van der Waals surface area contributed by atoms with Crippen molar-refractivity contribution in [2.75, 3.05) is 13.2 Å². The molecule has 0 aliphatic carbocycles. The zero-order valence-electron chi connectivity index (χ0n) is 57.7. The van der Waals surface area contributed by atoms with E-state index in [4.69, 9.17) is 4.74 Å². The fourth-order valence-electron chi connectivity index (χ4n) is 12.9. The highest BCUT2D eigenvalue weighted by molar-refractivity contribution is 5.76. The van der Waals surface area contributed by atoms with Crippen LogP contribution in [0.15, 0.2) is 0 Å². The number of rotatable bonds is 75. The van der Waals surface area contributed by atoms with Crippen LogP contribution in [0.25, 0.3) is 0 Å². The first-order valence-corrected chi connectivity index (χ1v) is 39.3. The van der Waals surface area contributed by atoms with Crippen molar-refractivity contribution < 1.29 is 24.5 Å². The second-order valence-electron chi connectivity index (χ2n) is 27.4. The summed E-state index contributed by atoms with van der Waals surface area (Å²) in [6.45, 7) is 5.02. The quantitative estimate of drug-likeness (QED) is 0.0417. The number of hydrogen-bond donors (Lipinski definition) is 3. The van der Waals surface area contributed by atoms with Crippen molar-refractivity contribution in [3.05, 3.63) is 0 Å². The van der Waals surface area contributed by atoms with E-state index < -0.39 is 12.1 Å². The van der Waals surface area contributed by atoms with Gasteiger partial charge in [0, 0.05) is 12.8 Å². The summed E-state index contributed by atoms with van der Waals surface area (Å²) < 4.78 is 5.52. The minimum atomic E-state index is -0.660. The molecule has 3 N–H and O–H groups in total. The molecule has 2 atom stereocenters. The van der Waals surface area contributed by atoms with E-state index in [1.165, 1.54) is 392 Å². The molecule has 1 amide bonds. The Bertz CT molecular complexity index is 1230. The molecule has 2 unspecified atom stereocenters. The van der Waals surface area contributed by atoms with Crippen LogP contribution in [0.1, 0.15) is 463 Å². The molecule has 0 aromatic heterocycles. The summed E-state index contributed by atoms with van der Waals surface area (Å²) in [5, 5.41) is 23.4. The van der Waals surface area contributed by atoms with Gasteiger partial charge in [-0.05, 0) is 25.7 Å². The van der Waals surface area contributed by atoms with Crippen molar-refractivity contribution in [2.24, 2.45) is 0 Å². The van der Waals surface area contributed by atoms with Gasteiger partial charge in [0.1, 0.15) is 0 Å². The van der Waals surface area contributed by atoms with Gasteiger partial charge < -0.3 is 20.3 Å². The lowest BCUT2D eigenvalue weighted by molar-refractivity contribution is -0.143. The third kappa shape index (κ3) is 70.0. The predicted molar refractivity (Wildman–Crippen MR) is 371 cm³/mol. The summed E-state index contributed by atoms with van der Waals surface area (Å²) in [6, 6.07) is -0.537. The molecule has 0 spiro atoms. The van der Waals surface area contributed by atoms with Crippen LogP contribution in [0.4, 0.5) is 0 Å². The molecule has 502 valence electrons. The van der Waals surface area contributed by atoms with E-state index >= 15 is 0 Å². The number of nitrogens with one attached hydrogen (secondary N) is 1. The average molecular weight is 1190 g/mol. The van der Waals surface area contributed by atoms with Gasteiger partial charge in [0.15, 0.2) is 0 Å². The molecule has 6 heteroatoms. The lowest BCUT2D eigenvalue weighted by Crippen LogP contribution is -2.45. The maximum Gasteiger partial charge on any atom is 0.305 e. The molecule has 0 bridgehead atoms. The van der Waals surface area contributed by atoms with Gasteiger partial charge in [0.25, 0.3) is 0 Å². The van der Waals surface area contributed by atoms with E-state index in [0.29, 0.717) is 25.9 Å². The number of carbonyl (C=O) groups is 2. The largest absolute Gasteiger partial charge is 0.466 e. The molecule has 6 nitrogen and oxygen atoms in total. The van der Waals surface area contributed by atoms with Crippen LogP contribution in [-0.4, -0.2) is 47.4 Å². The van der Waals surface area contributed by atoms with Crippen LogP contribution in [0.5, 0.6) is 0 Å². The first-order chi connectivity index (χ1) is 41.5. The third-order valence-corrected chi connectivity index (χ3v) is 18.9. The fraction of sp³-hybridized carbons (Fsp3) is 0.974. The monoisotopic (exact) mass is 1190 g/mol. The van der Waals surface area contributed by atoms with Gasteiger partial charge in [-0.3, -0.25) is 9.59 Å². The highest BCUT2D eigenvalue weighted by Crippen LogP contribution is 2.21. The van der Waals surface area contributed by atoms with Gasteiger partial charge in [-0.15, -0.1) is 0 Å². The number of carbonyl (C=O) groups excluding carboxylic acids is 2. The number of aliphatic hydroxyl groups is 2. The first kappa shape index (κ1) is 82.9. The van der Waals surface area contributed by atoms with Gasteiger partial charge in [-0.1, -0.05) is 425 Å². The van der Waals surface area contributed by atoms with Crippen molar-refractivity contribution in [2.45, 2.75) is 475 Å². The second-order valence-corrected chi connectivity index (χ2v) is 27.4. The molecule has 0 heterocycles. The number of amides is 1. The molecule has 84 heavy (non-hydrogen) atoms. The van der Waals surface area contributed by atoms with Crippen LogP contribution in [-0.2, 0) is 14.3 Å². The molecule has 0 aliphatic heterocycles. The first-order valence-electron chi connectivity index (χ1n) is 39.3. The Morgan fingerprint density at radius 3 is 0.726 bits per heavy atom. The summed E-state index contributed by atoms with van der Waals surface area (Å²) in [6.07, 6.45) is 92.0. The molecular weight excluding hydrogens is 1030 g/mol. The Hall–Kier alpha value is -1.14. The highest BCUT2D eigenvalue weighted by Gasteiger charge is 2.20. The summed E-state index contributed by atoms with van der Waals surface area (Å²) in [5.74, 6) is 0.00207. The summed E-state index contributed by atoms with van der Waals surface area (Å²) in [4.78, 5) is 24.7. The molecule has 0 radical (unpaired) electrons. The van der Waals surface area contributed by atoms with Crippen molar-refractivity contribution in [3.63, 3.8) is 0 Å². The van der Waals surface area contributed by atoms with Gasteiger partial charge in [0.05, 0.1) is 25.4 Å². The molecule has 0 saturated heterocycles. The molecule has 0 saturated carbocycles. The van der Waals surface area contributed by atoms with Gasteiger partial charge in [-0.2, -0.15) is 0 Å². The average Bonchev–Trinajstić information content (AvgIpc) is 3.50. The van der Waals surface area contributed by atoms with Gasteiger partial charge in [-0.25, -0.2) is 0 Å². The Labute approximate surface area is 527 Å². The Morgan fingerprint density at radius 2 is 0.488 bits per heavy atom. The molecule has 0 aliphatic rings. The molecule has 0 rings (SSSR count). The van der Waals surface area contributed by atoms with Crippen molar-refractivity contribution in [3.8, 4) is 0 Å². The summed E-state index contributed by atoms with van der Waals surface area (Å²) >= 11 is 0. The molecule has 0 aromatic rings. The SMILES string of the molecule is CCCCCCCCCCCCCCCCCCCCC(=O)OCCCCCCCCCCCCCCCCCCCCCCCCCCCCCCCCCCCC(=O)NC(CO)C(O)CCCCCCCCCCCCCCCCCC. The number of ether oxygens (including phenoxy) is 1. The van der Waals surface area contributed by atoms with E-state index in [1.807, 2.05) is 0 Å². The smallest absolute Gasteiger partial charge is 0.305 e. The maximum absolute atomic E-state index is 12.5. The van der Waals surface area contributed by atoms with E-state index in [2.05, 4.69) is 19.2 Å². The van der Waals surface area contributed by atoms with Crippen LogP contribution in [0.3, 0.4) is 0 Å². The van der Waals surface area contributed by atoms with Gasteiger partial charge >= 0.3 is 5.97 Å². The second kappa shape index (κ2) is 74.3. The summed E-state index contributed by atoms with van der Waals surface area (Å²) in [7, 11) is 0. The van der Waals surface area contributed by atoms with E-state index in [1.54, 1.807) is 0 Å². The predicted octanol–water partition coefficient (Wildman–Crippen LogP) is 25.7. The van der Waals surface area contributed by atoms with E-state index in [0.717, 1.165) is 38.5 Å². The zero-order valence-corrected chi connectivity index (χ0v) is 57.7. The minimum absolute atomic E-state index is 0.0255. The maximum atomic E-state index is 12.5. The number of unbranched alkanes of at least 4 members (excludes halogenated alkanes) is 64. The van der Waals surface area contributed by atoms with Crippen LogP contribution < -0.4 is 5.32 Å². The van der Waals surface area contributed by atoms with Crippen LogP contribution in [0, 0.1) is 0 Å². The third-order valence-electron chi connectivity index (χ3n) is 18.9. The molecule has 0 fully saturated rings. The number of esters is 1. The normalized spacial score (nSPS) is 12.4. The molecular formula is C78H155NO5. The van der Waals surface area contributed by atoms with Crippen molar-refractivity contribution in [1.82, 2.24) is 5.32 Å². The Balaban J connectivity index is 3.29. The topological polar surface area (TPSA) is 95.9 Å². The number of aliphatic hydroxyl groups excluding tert-OH is 2. The highest BCUT2D eigenvalue weighted by atomic mass is 16.5. The standard InChI is InChI=1S/C78H155NO5/c1-3-5-7-9-11-13-15-17-19-21-40-44-48-52-56-60-64-68-72-78(83)84-73-69-65-61-57-53-49-45-41-38-36-34-32-30-28-26-24-22-23-25-27-29-31-33-35-37-39-43-47-51-55-59-63-67-71-77(82)79-75(74-80)76(81)70-66-62-58-54-50-46-42-20-18-16-14-12-10-8-6-4-2/h75-76,80-81H,3-74H2,1-2H3,(H,79,82). The molecule has 0 aromatic carbocycles. The van der Waals surface area contributed by atoms with Crippen molar-refractivity contribution in [1.29, 1.82) is 0 Å². The van der Waals surface area contributed by atoms with E-state index in [-0.39, 0.29) is 18.5 Å². The van der Waals surface area contributed by atoms with Crippen LogP contribution in [0.2, 0.25) is 0 Å². The van der Waals surface area contributed by atoms with E-state index in [9.17, 15) is 19.8 Å². The minimum Gasteiger partial charge on any atom is -0.466 e. The van der Waals surface area contributed by atoms with Crippen molar-refractivity contribution >= 4 is 11.9 Å². The Kier molecular flexibility index (Phi) is 73.3. The number of hydrogen-bond acceptors (Lipinski definition) is 5.